The van der Waals surface area contributed by atoms with E-state index in [2.05, 4.69) is 10.3 Å². The summed E-state index contributed by atoms with van der Waals surface area (Å²) in [5, 5.41) is 2.67. The fourth-order valence-electron chi connectivity index (χ4n) is 4.28. The molecule has 0 aliphatic carbocycles. The number of nitrogens with one attached hydrogen (secondary N) is 1. The van der Waals surface area contributed by atoms with E-state index in [1.807, 2.05) is 0 Å². The van der Waals surface area contributed by atoms with Gasteiger partial charge in [0.05, 0.1) is 24.0 Å². The molecule has 0 spiro atoms. The van der Waals surface area contributed by atoms with Crippen molar-refractivity contribution in [2.75, 3.05) is 5.32 Å². The molecule has 1 saturated heterocycles. The van der Waals surface area contributed by atoms with Gasteiger partial charge in [-0.05, 0) is 43.2 Å². The molecule has 31 heavy (non-hydrogen) atoms. The number of benzene rings is 2. The third-order valence-corrected chi connectivity index (χ3v) is 5.65. The minimum absolute atomic E-state index is 0. The van der Waals surface area contributed by atoms with Crippen molar-refractivity contribution in [1.82, 2.24) is 4.98 Å². The Balaban J connectivity index is 0.00000245. The van der Waals surface area contributed by atoms with E-state index >= 15 is 0 Å². The Labute approximate surface area is 177 Å². The molecule has 2 aliphatic rings. The summed E-state index contributed by atoms with van der Waals surface area (Å²) in [6.45, 7) is 0. The molecule has 1 N–H and O–H groups in total. The van der Waals surface area contributed by atoms with Crippen LogP contribution in [0.2, 0.25) is 0 Å². The largest absolute Gasteiger partial charge is 0.365 e. The van der Waals surface area contributed by atoms with E-state index in [0.717, 1.165) is 12.3 Å². The average molecular weight is 424 g/mol. The number of halogens is 3. The summed E-state index contributed by atoms with van der Waals surface area (Å²) >= 11 is 0. The highest BCUT2D eigenvalue weighted by Gasteiger charge is 2.44. The van der Waals surface area contributed by atoms with Gasteiger partial charge in [-0.2, -0.15) is 0 Å². The normalized spacial score (nSPS) is 19.7. The van der Waals surface area contributed by atoms with Crippen LogP contribution in [0.1, 0.15) is 19.8 Å². The molecule has 2 aromatic carbocycles. The SMILES string of the molecule is O=C(Nc1ccc(-c2ccccc2F)c(F)c1)C1=C(c2ccncc2F)[C@@H]2CCC1O2.[HH]. The maximum Gasteiger partial charge on any atom is 0.254 e. The molecule has 0 radical (unpaired) electrons. The van der Waals surface area contributed by atoms with Gasteiger partial charge in [0.15, 0.2) is 0 Å². The van der Waals surface area contributed by atoms with Gasteiger partial charge < -0.3 is 10.1 Å². The van der Waals surface area contributed by atoms with Crippen molar-refractivity contribution in [2.45, 2.75) is 25.0 Å². The highest BCUT2D eigenvalue weighted by atomic mass is 19.1. The zero-order valence-electron chi connectivity index (χ0n) is 16.2. The van der Waals surface area contributed by atoms with E-state index in [9.17, 15) is 18.0 Å². The average Bonchev–Trinajstić information content (AvgIpc) is 3.37. The van der Waals surface area contributed by atoms with Crippen LogP contribution in [0.5, 0.6) is 0 Å². The molecule has 2 aliphatic heterocycles. The van der Waals surface area contributed by atoms with Gasteiger partial charge in [0, 0.05) is 35.6 Å². The van der Waals surface area contributed by atoms with Gasteiger partial charge in [-0.3, -0.25) is 9.78 Å². The van der Waals surface area contributed by atoms with Crippen LogP contribution in [-0.4, -0.2) is 23.1 Å². The molecule has 1 amide bonds. The van der Waals surface area contributed by atoms with Crippen molar-refractivity contribution in [3.05, 3.63) is 89.5 Å². The first-order chi connectivity index (χ1) is 15.0. The summed E-state index contributed by atoms with van der Waals surface area (Å²) < 4.78 is 48.9. The molecular formula is C24H19F3N2O2. The van der Waals surface area contributed by atoms with Crippen LogP contribution in [0.15, 0.2) is 66.5 Å². The van der Waals surface area contributed by atoms with Gasteiger partial charge in [-0.1, -0.05) is 18.2 Å². The summed E-state index contributed by atoms with van der Waals surface area (Å²) in [5.74, 6) is -2.20. The Bertz CT molecular complexity index is 1230. The van der Waals surface area contributed by atoms with Gasteiger partial charge in [0.2, 0.25) is 0 Å². The maximum absolute atomic E-state index is 14.7. The van der Waals surface area contributed by atoms with E-state index < -0.39 is 29.5 Å². The Morgan fingerprint density at radius 1 is 0.935 bits per heavy atom. The summed E-state index contributed by atoms with van der Waals surface area (Å²) in [7, 11) is 0. The van der Waals surface area contributed by atoms with Gasteiger partial charge in [0.1, 0.15) is 17.5 Å². The number of amides is 1. The predicted molar refractivity (Wildman–Crippen MR) is 112 cm³/mol. The highest BCUT2D eigenvalue weighted by Crippen LogP contribution is 2.45. The Morgan fingerprint density at radius 2 is 1.71 bits per heavy atom. The predicted octanol–water partition coefficient (Wildman–Crippen LogP) is 5.37. The Hall–Kier alpha value is -3.45. The first kappa shape index (κ1) is 19.5. The molecule has 3 heterocycles. The minimum atomic E-state index is -0.665. The molecule has 5 rings (SSSR count). The van der Waals surface area contributed by atoms with Crippen LogP contribution in [0, 0.1) is 17.5 Å². The topological polar surface area (TPSA) is 51.2 Å². The molecule has 7 heteroatoms. The van der Waals surface area contributed by atoms with Crippen LogP contribution in [0.3, 0.4) is 0 Å². The zero-order valence-corrected chi connectivity index (χ0v) is 16.2. The number of aromatic nitrogens is 1. The van der Waals surface area contributed by atoms with Crippen LogP contribution in [0.25, 0.3) is 16.7 Å². The number of nitrogens with zero attached hydrogens (tertiary/aromatic N) is 1. The van der Waals surface area contributed by atoms with E-state index in [4.69, 9.17) is 4.74 Å². The fraction of sp³-hybridized carbons (Fsp3) is 0.167. The van der Waals surface area contributed by atoms with Crippen LogP contribution < -0.4 is 5.32 Å². The Kier molecular flexibility index (Phi) is 4.82. The molecule has 3 aromatic rings. The number of ether oxygens (including phenoxy) is 1. The smallest absolute Gasteiger partial charge is 0.254 e. The van der Waals surface area contributed by atoms with E-state index in [0.29, 0.717) is 24.0 Å². The molecule has 4 nitrogen and oxygen atoms in total. The number of carbonyl (C=O) groups excluding carboxylic acids is 1. The van der Waals surface area contributed by atoms with Gasteiger partial charge in [-0.15, -0.1) is 0 Å². The van der Waals surface area contributed by atoms with Crippen molar-refractivity contribution >= 4 is 17.2 Å². The molecule has 2 bridgehead atoms. The second-order valence-electron chi connectivity index (χ2n) is 7.50. The second-order valence-corrected chi connectivity index (χ2v) is 7.50. The molecule has 1 fully saturated rings. The van der Waals surface area contributed by atoms with Crippen LogP contribution in [0.4, 0.5) is 18.9 Å². The number of anilines is 1. The lowest BCUT2D eigenvalue weighted by Crippen LogP contribution is -2.23. The third kappa shape index (κ3) is 3.41. The number of carbonyl (C=O) groups is 1. The number of hydrogen-bond donors (Lipinski definition) is 1. The number of hydrogen-bond acceptors (Lipinski definition) is 3. The summed E-state index contributed by atoms with van der Waals surface area (Å²) in [6.07, 6.45) is 3.12. The van der Waals surface area contributed by atoms with Crippen molar-refractivity contribution in [3.8, 4) is 11.1 Å². The monoisotopic (exact) mass is 424 g/mol. The van der Waals surface area contributed by atoms with Crippen molar-refractivity contribution in [2.24, 2.45) is 0 Å². The molecule has 2 atom stereocenters. The number of rotatable bonds is 4. The van der Waals surface area contributed by atoms with Crippen molar-refractivity contribution in [3.63, 3.8) is 0 Å². The van der Waals surface area contributed by atoms with E-state index in [-0.39, 0.29) is 29.9 Å². The molecule has 1 unspecified atom stereocenters. The molecule has 158 valence electrons. The molecule has 1 aromatic heterocycles. The lowest BCUT2D eigenvalue weighted by Gasteiger charge is -2.17. The number of fused-ring (bicyclic) bond motifs is 2. The second kappa shape index (κ2) is 7.67. The van der Waals surface area contributed by atoms with Gasteiger partial charge in [-0.25, -0.2) is 13.2 Å². The lowest BCUT2D eigenvalue weighted by atomic mass is 9.87. The maximum atomic E-state index is 14.7. The minimum Gasteiger partial charge on any atom is -0.365 e. The Morgan fingerprint density at radius 3 is 2.48 bits per heavy atom. The van der Waals surface area contributed by atoms with Gasteiger partial charge >= 0.3 is 0 Å². The lowest BCUT2D eigenvalue weighted by molar-refractivity contribution is -0.113. The first-order valence-electron chi connectivity index (χ1n) is 9.88. The number of pyridine rings is 1. The fourth-order valence-corrected chi connectivity index (χ4v) is 4.28. The van der Waals surface area contributed by atoms with E-state index in [1.165, 1.54) is 42.6 Å². The summed E-state index contributed by atoms with van der Waals surface area (Å²) in [6, 6.07) is 11.5. The van der Waals surface area contributed by atoms with Crippen molar-refractivity contribution in [1.29, 1.82) is 0 Å². The highest BCUT2D eigenvalue weighted by molar-refractivity contribution is 6.11. The van der Waals surface area contributed by atoms with E-state index in [1.54, 1.807) is 6.07 Å². The van der Waals surface area contributed by atoms with Crippen LogP contribution >= 0.6 is 0 Å². The summed E-state index contributed by atoms with van der Waals surface area (Å²) in [5.41, 5.74) is 1.59. The van der Waals surface area contributed by atoms with Crippen molar-refractivity contribution < 1.29 is 24.1 Å². The standard InChI is InChI=1S/C24H17F3N2O2.H2/c25-17-4-2-1-3-14(17)15-6-5-13(11-18(15)26)29-24(30)23-21-8-7-20(31-21)22(23)16-9-10-28-12-19(16)27;/h1-6,9-12,20-21H,7-8H2,(H,29,30);1H/t20-,21?;/m0./s1. The first-order valence-corrected chi connectivity index (χ1v) is 9.88. The zero-order chi connectivity index (χ0) is 21.5. The molecule has 0 saturated carbocycles. The quantitative estimate of drug-likeness (QED) is 0.613. The molecular weight excluding hydrogens is 405 g/mol. The van der Waals surface area contributed by atoms with Crippen LogP contribution in [-0.2, 0) is 9.53 Å². The summed E-state index contributed by atoms with van der Waals surface area (Å²) in [4.78, 5) is 16.8. The third-order valence-electron chi connectivity index (χ3n) is 5.65. The van der Waals surface area contributed by atoms with Gasteiger partial charge in [0.25, 0.3) is 5.91 Å².